The molecule has 24 nitrogen and oxygen atoms in total. The zero-order valence-electron chi connectivity index (χ0n) is 37.0. The average molecular weight is 938 g/mol. The number of phenolic OH excluding ortho intramolecular Hbond substituents is 1. The molecular weight excluding hydrogens is 878 g/mol. The summed E-state index contributed by atoms with van der Waals surface area (Å²) in [6.07, 6.45) is 10.7. The van der Waals surface area contributed by atoms with E-state index in [-0.39, 0.29) is 55.7 Å². The molecule has 66 heavy (non-hydrogen) atoms. The summed E-state index contributed by atoms with van der Waals surface area (Å²) in [7, 11) is 0. The number of aliphatic hydroxyl groups excluding tert-OH is 1. The Bertz CT molecular complexity index is 2170. The number of aryl methyl sites for hydroxylation is 1. The molecule has 0 spiro atoms. The molecule has 1 atom stereocenters. The molecule has 25 heteroatoms. The Morgan fingerprint density at radius 3 is 2.09 bits per heavy atom. The molecule has 0 unspecified atom stereocenters. The first-order valence-corrected chi connectivity index (χ1v) is 21.7. The summed E-state index contributed by atoms with van der Waals surface area (Å²) in [5, 5.41) is 39.3. The third-order valence-corrected chi connectivity index (χ3v) is 10.6. The highest BCUT2D eigenvalue weighted by Gasteiger charge is 2.32. The van der Waals surface area contributed by atoms with Crippen LogP contribution >= 0.6 is 0 Å². The summed E-state index contributed by atoms with van der Waals surface area (Å²) in [5.74, 6) is 3.81. The lowest BCUT2D eigenvalue weighted by molar-refractivity contribution is -0.459. The second-order valence-corrected chi connectivity index (χ2v) is 15.3. The third kappa shape index (κ3) is 15.7. The van der Waals surface area contributed by atoms with E-state index in [0.29, 0.717) is 141 Å². The molecule has 4 aromatic rings. The highest BCUT2D eigenvalue weighted by Crippen LogP contribution is 2.23. The van der Waals surface area contributed by atoms with Crippen molar-refractivity contribution in [2.75, 3.05) is 127 Å². The van der Waals surface area contributed by atoms with Crippen molar-refractivity contribution in [1.82, 2.24) is 54.7 Å². The monoisotopic (exact) mass is 937 g/mol. The van der Waals surface area contributed by atoms with Gasteiger partial charge in [-0.25, -0.2) is 9.36 Å². The number of nitrogens with one attached hydrogen (secondary N) is 2. The van der Waals surface area contributed by atoms with Crippen LogP contribution in [0.25, 0.3) is 0 Å². The molecule has 2 aliphatic rings. The fraction of sp³-hybridized carbons (Fsp3) is 0.561. The largest absolute Gasteiger partial charge is 1.00 e. The number of benzene rings is 1. The van der Waals surface area contributed by atoms with Crippen LogP contribution in [0.3, 0.4) is 0 Å². The molecule has 0 saturated carbocycles. The van der Waals surface area contributed by atoms with Crippen LogP contribution in [0.4, 0.5) is 17.8 Å². The van der Waals surface area contributed by atoms with Gasteiger partial charge >= 0.3 is 5.96 Å². The maximum absolute atomic E-state index is 14.2. The molecule has 3 aromatic heterocycles. The predicted molar refractivity (Wildman–Crippen MR) is 236 cm³/mol. The standard InChI is InChI=1S/C41H59N17O7.ClH/c1-2-21-63-23-25-65-26-24-64-22-11-45-39-46-40(55-16-12-53(13-17-55)36(61)30-57-28-32(49-51-57)4-3-10-44-38(42)43)48-41(47-39)56-18-14-54(15-19-56)37(62)35(27-31-5-7-34(60)8-6-31)58-29-33(9-20-59)50-52-58;/h1,5-8,28-29,35,59-60H,3-4,9-27,30H2,(H4,42,43,44)(H,45,46,47,48);1H/t35-;/m0./s1. The maximum Gasteiger partial charge on any atom is 0.338 e. The van der Waals surface area contributed by atoms with Gasteiger partial charge in [0, 0.05) is 90.7 Å². The lowest BCUT2D eigenvalue weighted by atomic mass is 10.0. The molecule has 0 radical (unpaired) electrons. The number of terminal acetylenes is 1. The van der Waals surface area contributed by atoms with Crippen LogP contribution in [0.1, 0.15) is 29.4 Å². The van der Waals surface area contributed by atoms with Gasteiger partial charge in [0.1, 0.15) is 24.9 Å². The van der Waals surface area contributed by atoms with E-state index in [9.17, 15) is 19.8 Å². The number of anilines is 3. The van der Waals surface area contributed by atoms with Gasteiger partial charge in [-0.05, 0) is 30.5 Å². The van der Waals surface area contributed by atoms with E-state index in [1.807, 2.05) is 9.80 Å². The summed E-state index contributed by atoms with van der Waals surface area (Å²) in [4.78, 5) is 52.5. The van der Waals surface area contributed by atoms with Crippen molar-refractivity contribution in [3.63, 3.8) is 0 Å². The van der Waals surface area contributed by atoms with Crippen molar-refractivity contribution in [2.24, 2.45) is 11.5 Å². The molecule has 0 bridgehead atoms. The zero-order chi connectivity index (χ0) is 45.8. The fourth-order valence-electron chi connectivity index (χ4n) is 7.13. The van der Waals surface area contributed by atoms with Crippen LogP contribution in [0.5, 0.6) is 5.75 Å². The normalized spacial score (nSPS) is 14.4. The van der Waals surface area contributed by atoms with Crippen LogP contribution in [-0.2, 0) is 49.6 Å². The first kappa shape index (κ1) is 50.6. The number of halogens is 1. The molecule has 5 heterocycles. The summed E-state index contributed by atoms with van der Waals surface area (Å²) in [6.45, 7) is 6.88. The number of aliphatic hydroxyl groups is 1. The van der Waals surface area contributed by atoms with Gasteiger partial charge in [-0.15, -0.1) is 16.6 Å². The lowest BCUT2D eigenvalue weighted by Crippen LogP contribution is -3.00. The number of phenols is 1. The molecular formula is C41H60ClN17O7. The van der Waals surface area contributed by atoms with Gasteiger partial charge in [-0.2, -0.15) is 15.0 Å². The number of guanidine groups is 1. The molecule has 8 N–H and O–H groups in total. The van der Waals surface area contributed by atoms with Gasteiger partial charge in [-0.1, -0.05) is 28.5 Å². The minimum Gasteiger partial charge on any atom is -1.00 e. The number of amides is 2. The smallest absolute Gasteiger partial charge is 0.338 e. The van der Waals surface area contributed by atoms with Gasteiger partial charge in [0.15, 0.2) is 0 Å². The first-order valence-electron chi connectivity index (χ1n) is 21.7. The van der Waals surface area contributed by atoms with Crippen molar-refractivity contribution in [3.8, 4) is 18.1 Å². The second-order valence-electron chi connectivity index (χ2n) is 15.3. The fourth-order valence-corrected chi connectivity index (χ4v) is 7.13. The van der Waals surface area contributed by atoms with Gasteiger partial charge in [-0.3, -0.25) is 26.0 Å². The number of hydrogen-bond donors (Lipinski definition) is 6. The Kier molecular flexibility index (Phi) is 20.4. The SMILES string of the molecule is C#CCOCCOCCOCCNc1nc(N2CCN(C(=O)Cn3cc(CCC[NH+]=C(N)N)nn3)CC2)nc(N2CCN(C(=O)[C@H](Cc3ccc(O)cc3)n3cc(CCO)nn3)CC2)n1.[Cl-]. The zero-order valence-corrected chi connectivity index (χ0v) is 37.7. The summed E-state index contributed by atoms with van der Waals surface area (Å²) in [6, 6.07) is 6.03. The Morgan fingerprint density at radius 1 is 0.818 bits per heavy atom. The molecule has 2 amide bonds. The second kappa shape index (κ2) is 26.5. The molecule has 2 fully saturated rings. The van der Waals surface area contributed by atoms with E-state index < -0.39 is 6.04 Å². The van der Waals surface area contributed by atoms with Gasteiger partial charge in [0.25, 0.3) is 0 Å². The lowest BCUT2D eigenvalue weighted by Gasteiger charge is -2.37. The number of carbonyl (C=O) groups is 2. The van der Waals surface area contributed by atoms with Crippen molar-refractivity contribution in [3.05, 3.63) is 53.6 Å². The van der Waals surface area contributed by atoms with E-state index in [4.69, 9.17) is 47.1 Å². The number of nitrogens with two attached hydrogens (primary N) is 2. The molecule has 0 aliphatic carbocycles. The Morgan fingerprint density at radius 2 is 1.44 bits per heavy atom. The number of hydrogen-bond acceptors (Lipinski definition) is 17. The topological polar surface area (TPSA) is 293 Å². The average Bonchev–Trinajstić information content (AvgIpc) is 3.98. The molecule has 358 valence electrons. The number of carbonyl (C=O) groups excluding carboxylic acids is 2. The van der Waals surface area contributed by atoms with Gasteiger partial charge in [0.05, 0.1) is 51.0 Å². The highest BCUT2D eigenvalue weighted by atomic mass is 35.5. The number of aromatic hydroxyl groups is 1. The van der Waals surface area contributed by atoms with E-state index in [1.165, 1.54) is 0 Å². The van der Waals surface area contributed by atoms with Crippen molar-refractivity contribution < 1.29 is 51.4 Å². The number of aromatic nitrogens is 9. The van der Waals surface area contributed by atoms with Crippen LogP contribution < -0.4 is 44.0 Å². The predicted octanol–water partition coefficient (Wildman–Crippen LogP) is -6.84. The molecule has 2 saturated heterocycles. The highest BCUT2D eigenvalue weighted by molar-refractivity contribution is 5.81. The van der Waals surface area contributed by atoms with E-state index >= 15 is 0 Å². The summed E-state index contributed by atoms with van der Waals surface area (Å²) >= 11 is 0. The minimum atomic E-state index is -0.694. The van der Waals surface area contributed by atoms with Crippen molar-refractivity contribution >= 4 is 35.6 Å². The van der Waals surface area contributed by atoms with Gasteiger partial charge in [0.2, 0.25) is 29.7 Å². The van der Waals surface area contributed by atoms with E-state index in [1.54, 1.807) is 55.8 Å². The minimum absolute atomic E-state index is 0. The Balaban J connectivity index is 0.00000817. The van der Waals surface area contributed by atoms with Crippen LogP contribution in [0, 0.1) is 12.3 Å². The number of nitrogens with zero attached hydrogens (tertiary/aromatic N) is 13. The molecule has 6 rings (SSSR count). The van der Waals surface area contributed by atoms with Crippen molar-refractivity contribution in [2.45, 2.75) is 38.3 Å². The van der Waals surface area contributed by atoms with Gasteiger partial charge < -0.3 is 61.7 Å². The van der Waals surface area contributed by atoms with Crippen LogP contribution in [-0.4, -0.2) is 194 Å². The Hall–Kier alpha value is -6.39. The van der Waals surface area contributed by atoms with Crippen LogP contribution in [0.2, 0.25) is 0 Å². The van der Waals surface area contributed by atoms with E-state index in [2.05, 4.69) is 36.9 Å². The summed E-state index contributed by atoms with van der Waals surface area (Å²) < 4.78 is 19.6. The molecule has 2 aliphatic heterocycles. The number of rotatable bonds is 25. The maximum atomic E-state index is 14.2. The van der Waals surface area contributed by atoms with Crippen LogP contribution in [0.15, 0.2) is 36.7 Å². The van der Waals surface area contributed by atoms with E-state index in [0.717, 1.165) is 17.7 Å². The summed E-state index contributed by atoms with van der Waals surface area (Å²) in [5.41, 5.74) is 13.1. The third-order valence-electron chi connectivity index (χ3n) is 10.6. The van der Waals surface area contributed by atoms with Crippen molar-refractivity contribution in [1.29, 1.82) is 0 Å². The first-order chi connectivity index (χ1) is 31.7. The Labute approximate surface area is 389 Å². The quantitative estimate of drug-likeness (QED) is 0.0156. The molecule has 1 aromatic carbocycles. The number of ether oxygens (including phenoxy) is 3. The number of piperazine rings is 2.